The van der Waals surface area contributed by atoms with Gasteiger partial charge >= 0.3 is 5.97 Å². The van der Waals surface area contributed by atoms with Crippen LogP contribution in [-0.4, -0.2) is 20.2 Å². The molecule has 16 heavy (non-hydrogen) atoms. The van der Waals surface area contributed by atoms with Gasteiger partial charge in [-0.05, 0) is 34.1 Å². The number of methoxy groups -OCH3 is 2. The van der Waals surface area contributed by atoms with Gasteiger partial charge in [0.05, 0.1) is 18.7 Å². The molecule has 0 atom stereocenters. The molecule has 0 spiro atoms. The fourth-order valence-electron chi connectivity index (χ4n) is 1.40. The monoisotopic (exact) mass is 284 g/mol. The molecule has 0 amide bonds. The van der Waals surface area contributed by atoms with E-state index in [4.69, 9.17) is 9.15 Å². The lowest BCUT2D eigenvalue weighted by Crippen LogP contribution is -1.97. The number of esters is 1. The topological polar surface area (TPSA) is 48.7 Å². The lowest BCUT2D eigenvalue weighted by Gasteiger charge is -1.99. The Morgan fingerprint density at radius 2 is 2.06 bits per heavy atom. The Hall–Kier alpha value is -1.49. The summed E-state index contributed by atoms with van der Waals surface area (Å²) in [5.74, 6) is 0.366. The van der Waals surface area contributed by atoms with Crippen LogP contribution >= 0.6 is 15.9 Å². The molecule has 0 unspecified atom stereocenters. The van der Waals surface area contributed by atoms with E-state index in [9.17, 15) is 4.79 Å². The Labute approximate surface area is 100 Å². The molecule has 0 aliphatic carbocycles. The number of halogens is 1. The van der Waals surface area contributed by atoms with Crippen LogP contribution in [0.3, 0.4) is 0 Å². The van der Waals surface area contributed by atoms with Crippen molar-refractivity contribution in [3.05, 3.63) is 28.4 Å². The molecule has 0 aliphatic rings. The predicted octanol–water partition coefficient (Wildman–Crippen LogP) is 2.99. The first kappa shape index (κ1) is 11.0. The van der Waals surface area contributed by atoms with Crippen molar-refractivity contribution in [2.75, 3.05) is 14.2 Å². The van der Waals surface area contributed by atoms with Gasteiger partial charge in [-0.1, -0.05) is 0 Å². The van der Waals surface area contributed by atoms with Crippen molar-refractivity contribution in [1.82, 2.24) is 0 Å². The summed E-state index contributed by atoms with van der Waals surface area (Å²) in [4.78, 5) is 11.3. The van der Waals surface area contributed by atoms with E-state index in [2.05, 4.69) is 20.7 Å². The van der Waals surface area contributed by atoms with E-state index in [1.54, 1.807) is 25.3 Å². The zero-order valence-corrected chi connectivity index (χ0v) is 10.3. The molecule has 2 aromatic rings. The SMILES string of the molecule is COC(=O)c1cc2cc(OC)cc(Br)c2o1. The van der Waals surface area contributed by atoms with Crippen LogP contribution < -0.4 is 4.74 Å². The van der Waals surface area contributed by atoms with E-state index in [0.29, 0.717) is 11.3 Å². The molecule has 2 rings (SSSR count). The minimum absolute atomic E-state index is 0.173. The Bertz CT molecular complexity index is 544. The number of carbonyl (C=O) groups excluding carboxylic acids is 1. The Balaban J connectivity index is 2.61. The highest BCUT2D eigenvalue weighted by molar-refractivity contribution is 9.10. The number of hydrogen-bond donors (Lipinski definition) is 0. The summed E-state index contributed by atoms with van der Waals surface area (Å²) in [5, 5.41) is 0.784. The van der Waals surface area contributed by atoms with Crippen molar-refractivity contribution in [2.24, 2.45) is 0 Å². The molecule has 0 N–H and O–H groups in total. The van der Waals surface area contributed by atoms with E-state index in [0.717, 1.165) is 9.86 Å². The Morgan fingerprint density at radius 3 is 2.69 bits per heavy atom. The number of fused-ring (bicyclic) bond motifs is 1. The van der Waals surface area contributed by atoms with Crippen LogP contribution in [0, 0.1) is 0 Å². The minimum atomic E-state index is -0.498. The summed E-state index contributed by atoms with van der Waals surface area (Å²) in [6.07, 6.45) is 0. The first-order valence-corrected chi connectivity index (χ1v) is 5.30. The highest BCUT2D eigenvalue weighted by atomic mass is 79.9. The van der Waals surface area contributed by atoms with Crippen molar-refractivity contribution in [2.45, 2.75) is 0 Å². The van der Waals surface area contributed by atoms with Crippen LogP contribution in [0.4, 0.5) is 0 Å². The lowest BCUT2D eigenvalue weighted by molar-refractivity contribution is 0.0567. The summed E-state index contributed by atoms with van der Waals surface area (Å²) in [6, 6.07) is 5.18. The van der Waals surface area contributed by atoms with Crippen LogP contribution in [0.25, 0.3) is 11.0 Å². The molecule has 84 valence electrons. The number of ether oxygens (including phenoxy) is 2. The van der Waals surface area contributed by atoms with E-state index in [1.165, 1.54) is 7.11 Å². The zero-order chi connectivity index (χ0) is 11.7. The van der Waals surface area contributed by atoms with Gasteiger partial charge in [-0.15, -0.1) is 0 Å². The smallest absolute Gasteiger partial charge is 0.373 e. The van der Waals surface area contributed by atoms with Gasteiger partial charge in [0.2, 0.25) is 5.76 Å². The standard InChI is InChI=1S/C11H9BrO4/c1-14-7-3-6-4-9(11(13)15-2)16-10(6)8(12)5-7/h3-5H,1-2H3. The van der Waals surface area contributed by atoms with Crippen LogP contribution in [0.15, 0.2) is 27.1 Å². The van der Waals surface area contributed by atoms with Crippen molar-refractivity contribution in [3.8, 4) is 5.75 Å². The van der Waals surface area contributed by atoms with Crippen molar-refractivity contribution < 1.29 is 18.7 Å². The molecule has 0 radical (unpaired) electrons. The van der Waals surface area contributed by atoms with Gasteiger partial charge in [0.25, 0.3) is 0 Å². The van der Waals surface area contributed by atoms with Crippen LogP contribution in [0.5, 0.6) is 5.75 Å². The van der Waals surface area contributed by atoms with E-state index < -0.39 is 5.97 Å². The van der Waals surface area contributed by atoms with Gasteiger partial charge in [-0.25, -0.2) is 4.79 Å². The van der Waals surface area contributed by atoms with Gasteiger partial charge in [0.1, 0.15) is 11.3 Å². The summed E-state index contributed by atoms with van der Waals surface area (Å²) in [7, 11) is 2.89. The number of carbonyl (C=O) groups is 1. The summed E-state index contributed by atoms with van der Waals surface area (Å²) in [6.45, 7) is 0. The summed E-state index contributed by atoms with van der Waals surface area (Å²) >= 11 is 3.35. The van der Waals surface area contributed by atoms with Crippen LogP contribution in [-0.2, 0) is 4.74 Å². The average Bonchev–Trinajstić information content (AvgIpc) is 2.72. The molecule has 1 aromatic carbocycles. The fraction of sp³-hybridized carbons (Fsp3) is 0.182. The predicted molar refractivity (Wildman–Crippen MR) is 61.8 cm³/mol. The fourth-order valence-corrected chi connectivity index (χ4v) is 1.94. The quantitative estimate of drug-likeness (QED) is 0.796. The molecule has 0 aliphatic heterocycles. The van der Waals surface area contributed by atoms with Crippen LogP contribution in [0.2, 0.25) is 0 Å². The molecule has 0 saturated carbocycles. The molecular weight excluding hydrogens is 276 g/mol. The molecular formula is C11H9BrO4. The maximum atomic E-state index is 11.3. The van der Waals surface area contributed by atoms with Crippen LogP contribution in [0.1, 0.15) is 10.6 Å². The third-order valence-corrected chi connectivity index (χ3v) is 2.76. The molecule has 1 aromatic heterocycles. The number of rotatable bonds is 2. The largest absolute Gasteiger partial charge is 0.497 e. The second kappa shape index (κ2) is 4.17. The van der Waals surface area contributed by atoms with Gasteiger partial charge < -0.3 is 13.9 Å². The van der Waals surface area contributed by atoms with Crippen molar-refractivity contribution in [3.63, 3.8) is 0 Å². The summed E-state index contributed by atoms with van der Waals surface area (Å²) < 4.78 is 15.8. The maximum Gasteiger partial charge on any atom is 0.373 e. The number of hydrogen-bond acceptors (Lipinski definition) is 4. The third-order valence-electron chi connectivity index (χ3n) is 2.17. The number of furan rings is 1. The second-order valence-corrected chi connectivity index (χ2v) is 3.98. The minimum Gasteiger partial charge on any atom is -0.497 e. The third kappa shape index (κ3) is 1.78. The molecule has 5 heteroatoms. The van der Waals surface area contributed by atoms with Gasteiger partial charge in [0, 0.05) is 5.39 Å². The maximum absolute atomic E-state index is 11.3. The normalized spacial score (nSPS) is 10.4. The average molecular weight is 285 g/mol. The first-order valence-electron chi connectivity index (χ1n) is 4.51. The second-order valence-electron chi connectivity index (χ2n) is 3.13. The van der Waals surface area contributed by atoms with Crippen molar-refractivity contribution in [1.29, 1.82) is 0 Å². The van der Waals surface area contributed by atoms with Crippen molar-refractivity contribution >= 4 is 32.9 Å². The molecule has 1 heterocycles. The van der Waals surface area contributed by atoms with E-state index in [-0.39, 0.29) is 5.76 Å². The Kier molecular flexibility index (Phi) is 2.87. The van der Waals surface area contributed by atoms with E-state index in [1.807, 2.05) is 0 Å². The first-order chi connectivity index (χ1) is 7.65. The van der Waals surface area contributed by atoms with E-state index >= 15 is 0 Å². The van der Waals surface area contributed by atoms with Gasteiger partial charge in [-0.3, -0.25) is 0 Å². The molecule has 4 nitrogen and oxygen atoms in total. The molecule has 0 bridgehead atoms. The summed E-state index contributed by atoms with van der Waals surface area (Å²) in [5.41, 5.74) is 0.598. The molecule has 0 saturated heterocycles. The zero-order valence-electron chi connectivity index (χ0n) is 8.74. The highest BCUT2D eigenvalue weighted by Gasteiger charge is 2.14. The van der Waals surface area contributed by atoms with Gasteiger partial charge in [0.15, 0.2) is 0 Å². The number of benzene rings is 1. The van der Waals surface area contributed by atoms with Gasteiger partial charge in [-0.2, -0.15) is 0 Å². The molecule has 0 fully saturated rings. The highest BCUT2D eigenvalue weighted by Crippen LogP contribution is 2.31. The Morgan fingerprint density at radius 1 is 1.31 bits per heavy atom. The lowest BCUT2D eigenvalue weighted by atomic mass is 10.2.